The first-order valence-electron chi connectivity index (χ1n) is 6.04. The van der Waals surface area contributed by atoms with Gasteiger partial charge < -0.3 is 5.32 Å². The van der Waals surface area contributed by atoms with Crippen LogP contribution in [0.25, 0.3) is 0 Å². The van der Waals surface area contributed by atoms with Crippen molar-refractivity contribution < 1.29 is 8.42 Å². The van der Waals surface area contributed by atoms with E-state index in [1.165, 1.54) is 11.3 Å². The fraction of sp³-hybridized carbons (Fsp3) is 0.727. The molecule has 1 aliphatic rings. The Morgan fingerprint density at radius 1 is 1.47 bits per heavy atom. The number of halogens is 1. The van der Waals surface area contributed by atoms with E-state index in [-0.39, 0.29) is 12.4 Å². The molecule has 8 heteroatoms. The van der Waals surface area contributed by atoms with Crippen LogP contribution < -0.4 is 5.32 Å². The third kappa shape index (κ3) is 3.46. The van der Waals surface area contributed by atoms with E-state index in [9.17, 15) is 8.42 Å². The fourth-order valence-corrected chi connectivity index (χ4v) is 5.49. The highest BCUT2D eigenvalue weighted by molar-refractivity contribution is 7.91. The summed E-state index contributed by atoms with van der Waals surface area (Å²) in [6.45, 7) is 5.69. The predicted molar refractivity (Wildman–Crippen MR) is 79.6 cm³/mol. The molecule has 1 aromatic rings. The zero-order valence-corrected chi connectivity index (χ0v) is 13.8. The zero-order valence-electron chi connectivity index (χ0n) is 11.3. The van der Waals surface area contributed by atoms with E-state index >= 15 is 0 Å². The van der Waals surface area contributed by atoms with Crippen LogP contribution in [0.1, 0.15) is 17.1 Å². The molecule has 0 spiro atoms. The van der Waals surface area contributed by atoms with Gasteiger partial charge in [0.1, 0.15) is 0 Å². The van der Waals surface area contributed by atoms with Crippen molar-refractivity contribution in [1.82, 2.24) is 14.6 Å². The summed E-state index contributed by atoms with van der Waals surface area (Å²) in [4.78, 5) is 4.20. The Kier molecular flexibility index (Phi) is 5.76. The van der Waals surface area contributed by atoms with E-state index < -0.39 is 10.0 Å². The van der Waals surface area contributed by atoms with Crippen LogP contribution in [0, 0.1) is 19.8 Å². The van der Waals surface area contributed by atoms with Gasteiger partial charge in [-0.15, -0.1) is 23.7 Å². The summed E-state index contributed by atoms with van der Waals surface area (Å²) in [5, 5.41) is 3.91. The molecule has 1 atom stereocenters. The minimum absolute atomic E-state index is 0. The highest BCUT2D eigenvalue weighted by atomic mass is 35.5. The van der Waals surface area contributed by atoms with Gasteiger partial charge in [0.2, 0.25) is 0 Å². The molecule has 19 heavy (non-hydrogen) atoms. The Hall–Kier alpha value is -0.210. The van der Waals surface area contributed by atoms with E-state index in [0.717, 1.165) is 18.0 Å². The lowest BCUT2D eigenvalue weighted by molar-refractivity contribution is 0.452. The number of nitrogens with one attached hydrogen (secondary N) is 1. The number of rotatable bonds is 4. The second-order valence-corrected chi connectivity index (χ2v) is 8.02. The molecule has 2 heterocycles. The summed E-state index contributed by atoms with van der Waals surface area (Å²) in [6.07, 6.45) is 0.927. The SMILES string of the molecule is CNCC1CCN(S(=O)(=O)c2sc(C)nc2C)C1.Cl. The van der Waals surface area contributed by atoms with E-state index in [2.05, 4.69) is 10.3 Å². The monoisotopic (exact) mass is 325 g/mol. The Morgan fingerprint density at radius 3 is 2.68 bits per heavy atom. The minimum Gasteiger partial charge on any atom is -0.319 e. The summed E-state index contributed by atoms with van der Waals surface area (Å²) in [7, 11) is -1.44. The zero-order chi connectivity index (χ0) is 13.3. The fourth-order valence-electron chi connectivity index (χ4n) is 2.34. The quantitative estimate of drug-likeness (QED) is 0.909. The Bertz CT molecular complexity index is 530. The van der Waals surface area contributed by atoms with Crippen LogP contribution in [0.2, 0.25) is 0 Å². The van der Waals surface area contributed by atoms with Crippen molar-refractivity contribution in [2.45, 2.75) is 24.5 Å². The predicted octanol–water partition coefficient (Wildman–Crippen LogP) is 1.41. The summed E-state index contributed by atoms with van der Waals surface area (Å²) < 4.78 is 27.0. The summed E-state index contributed by atoms with van der Waals surface area (Å²) in [5.74, 6) is 0.416. The smallest absolute Gasteiger partial charge is 0.254 e. The number of hydrogen-bond acceptors (Lipinski definition) is 5. The summed E-state index contributed by atoms with van der Waals surface area (Å²) in [6, 6.07) is 0. The van der Waals surface area contributed by atoms with Gasteiger partial charge in [0, 0.05) is 13.1 Å². The van der Waals surface area contributed by atoms with E-state index in [1.54, 1.807) is 11.2 Å². The largest absolute Gasteiger partial charge is 0.319 e. The average molecular weight is 326 g/mol. The lowest BCUT2D eigenvalue weighted by atomic mass is 10.1. The molecule has 0 saturated carbocycles. The van der Waals surface area contributed by atoms with Crippen LogP contribution in [0.15, 0.2) is 4.21 Å². The molecule has 110 valence electrons. The van der Waals surface area contributed by atoms with Crippen LogP contribution in [-0.2, 0) is 10.0 Å². The first kappa shape index (κ1) is 16.8. The molecule has 0 aromatic carbocycles. The van der Waals surface area contributed by atoms with Gasteiger partial charge in [-0.3, -0.25) is 0 Å². The van der Waals surface area contributed by atoms with Gasteiger partial charge in [0.25, 0.3) is 10.0 Å². The topological polar surface area (TPSA) is 62.3 Å². The van der Waals surface area contributed by atoms with Gasteiger partial charge in [-0.05, 0) is 39.8 Å². The normalized spacial score (nSPS) is 20.5. The molecular weight excluding hydrogens is 306 g/mol. The molecule has 2 rings (SSSR count). The average Bonchev–Trinajstić information content (AvgIpc) is 2.86. The van der Waals surface area contributed by atoms with E-state index in [0.29, 0.717) is 28.9 Å². The van der Waals surface area contributed by atoms with E-state index in [4.69, 9.17) is 0 Å². The summed E-state index contributed by atoms with van der Waals surface area (Å²) in [5.41, 5.74) is 0.620. The highest BCUT2D eigenvalue weighted by Gasteiger charge is 2.34. The summed E-state index contributed by atoms with van der Waals surface area (Å²) >= 11 is 1.27. The maximum atomic E-state index is 12.5. The molecule has 1 unspecified atom stereocenters. The van der Waals surface area contributed by atoms with Crippen molar-refractivity contribution in [2.75, 3.05) is 26.7 Å². The van der Waals surface area contributed by atoms with Crippen LogP contribution in [0.4, 0.5) is 0 Å². The van der Waals surface area contributed by atoms with E-state index in [1.807, 2.05) is 14.0 Å². The standard InChI is InChI=1S/C11H19N3O2S2.ClH/c1-8-11(17-9(2)13-8)18(15,16)14-5-4-10(7-14)6-12-3;/h10,12H,4-7H2,1-3H3;1H. The van der Waals surface area contributed by atoms with Crippen LogP contribution >= 0.6 is 23.7 Å². The minimum atomic E-state index is -3.34. The molecule has 1 fully saturated rings. The van der Waals surface area contributed by atoms with Gasteiger partial charge in [-0.25, -0.2) is 13.4 Å². The van der Waals surface area contributed by atoms with Crippen LogP contribution in [0.5, 0.6) is 0 Å². The van der Waals surface area contributed by atoms with Crippen LogP contribution in [-0.4, -0.2) is 44.4 Å². The molecule has 5 nitrogen and oxygen atoms in total. The van der Waals surface area contributed by atoms with Crippen molar-refractivity contribution in [3.63, 3.8) is 0 Å². The first-order valence-corrected chi connectivity index (χ1v) is 8.29. The van der Waals surface area contributed by atoms with Crippen molar-refractivity contribution >= 4 is 33.8 Å². The van der Waals surface area contributed by atoms with Gasteiger partial charge >= 0.3 is 0 Å². The number of nitrogens with zero attached hydrogens (tertiary/aromatic N) is 2. The first-order chi connectivity index (χ1) is 8.45. The molecule has 1 aromatic heterocycles. The highest BCUT2D eigenvalue weighted by Crippen LogP contribution is 2.29. The third-order valence-corrected chi connectivity index (χ3v) is 6.70. The molecule has 0 aliphatic carbocycles. The second-order valence-electron chi connectivity index (χ2n) is 4.68. The van der Waals surface area contributed by atoms with Crippen molar-refractivity contribution in [3.8, 4) is 0 Å². The van der Waals surface area contributed by atoms with Gasteiger partial charge in [0.05, 0.1) is 10.7 Å². The maximum absolute atomic E-state index is 12.5. The van der Waals surface area contributed by atoms with Gasteiger partial charge in [-0.1, -0.05) is 0 Å². The van der Waals surface area contributed by atoms with Crippen molar-refractivity contribution in [1.29, 1.82) is 0 Å². The Morgan fingerprint density at radius 2 is 2.16 bits per heavy atom. The Balaban J connectivity index is 0.00000180. The van der Waals surface area contributed by atoms with Gasteiger partial charge in [0.15, 0.2) is 4.21 Å². The molecule has 1 N–H and O–H groups in total. The van der Waals surface area contributed by atoms with Gasteiger partial charge in [-0.2, -0.15) is 4.31 Å². The number of hydrogen-bond donors (Lipinski definition) is 1. The lowest BCUT2D eigenvalue weighted by Gasteiger charge is -2.15. The third-order valence-electron chi connectivity index (χ3n) is 3.18. The molecule has 1 aliphatic heterocycles. The maximum Gasteiger partial charge on any atom is 0.254 e. The lowest BCUT2D eigenvalue weighted by Crippen LogP contribution is -2.30. The number of aryl methyl sites for hydroxylation is 2. The molecule has 1 saturated heterocycles. The number of sulfonamides is 1. The van der Waals surface area contributed by atoms with Crippen LogP contribution in [0.3, 0.4) is 0 Å². The number of thiazole rings is 1. The molecule has 0 radical (unpaired) electrons. The van der Waals surface area contributed by atoms with Crippen molar-refractivity contribution in [3.05, 3.63) is 10.7 Å². The Labute approximate surface area is 124 Å². The second kappa shape index (κ2) is 6.49. The molecule has 0 amide bonds. The number of aromatic nitrogens is 1. The molecular formula is C11H20ClN3O2S2. The van der Waals surface area contributed by atoms with Crippen molar-refractivity contribution in [2.24, 2.45) is 5.92 Å². The molecule has 0 bridgehead atoms.